The highest BCUT2D eigenvalue weighted by Crippen LogP contribution is 2.52. The zero-order valence-corrected chi connectivity index (χ0v) is 20.1. The van der Waals surface area contributed by atoms with Crippen molar-refractivity contribution in [2.24, 2.45) is 0 Å². The Morgan fingerprint density at radius 3 is 2.44 bits per heavy atom. The van der Waals surface area contributed by atoms with Crippen molar-refractivity contribution in [3.8, 4) is 11.5 Å². The van der Waals surface area contributed by atoms with Crippen molar-refractivity contribution < 1.29 is 27.6 Å². The Hall–Kier alpha value is -3.34. The Morgan fingerprint density at radius 1 is 1.21 bits per heavy atom. The maximum Gasteiger partial charge on any atom is 0.269 e. The maximum atomic E-state index is 12.8. The van der Waals surface area contributed by atoms with Crippen LogP contribution in [-0.4, -0.2) is 51.2 Å². The molecule has 1 amide bonds. The third kappa shape index (κ3) is 4.52. The Kier molecular flexibility index (Phi) is 6.39. The van der Waals surface area contributed by atoms with Crippen molar-refractivity contribution in [3.05, 3.63) is 57.1 Å². The Bertz CT molecular complexity index is 1230. The molecule has 2 unspecified atom stereocenters. The molecule has 0 aromatic heterocycles. The van der Waals surface area contributed by atoms with E-state index in [4.69, 9.17) is 9.47 Å². The van der Waals surface area contributed by atoms with Gasteiger partial charge in [0.2, 0.25) is 5.91 Å². The molecule has 11 heteroatoms. The standard InChI is InChI=1S/C23H27N3O7S/c1-32-19-11-15(13-34(3,30)31)23(33-2)21-18(25-10-4-5-20(25)27)12-17(24-22(19)21)14-6-8-16(9-7-14)26(28)29/h6-9,11,17-18,24H,4-5,10,12-13H2,1-3H3. The topological polar surface area (TPSA) is 128 Å². The zero-order valence-electron chi connectivity index (χ0n) is 19.2. The Balaban J connectivity index is 1.87. The number of benzene rings is 2. The third-order valence-electron chi connectivity index (χ3n) is 6.30. The number of hydrogen-bond acceptors (Lipinski definition) is 8. The van der Waals surface area contributed by atoms with Crippen LogP contribution in [-0.2, 0) is 20.4 Å². The monoisotopic (exact) mass is 489 g/mol. The summed E-state index contributed by atoms with van der Waals surface area (Å²) in [5.74, 6) is 0.653. The van der Waals surface area contributed by atoms with Gasteiger partial charge in [0.15, 0.2) is 9.84 Å². The summed E-state index contributed by atoms with van der Waals surface area (Å²) in [5.41, 5.74) is 2.60. The lowest BCUT2D eigenvalue weighted by molar-refractivity contribution is -0.384. The first-order valence-corrected chi connectivity index (χ1v) is 12.9. The van der Waals surface area contributed by atoms with E-state index in [-0.39, 0.29) is 29.4 Å². The van der Waals surface area contributed by atoms with Crippen molar-refractivity contribution in [2.75, 3.05) is 32.3 Å². The Labute approximate surface area is 197 Å². The predicted octanol–water partition coefficient (Wildman–Crippen LogP) is 3.38. The summed E-state index contributed by atoms with van der Waals surface area (Å²) in [5, 5.41) is 14.5. The number of fused-ring (bicyclic) bond motifs is 1. The van der Waals surface area contributed by atoms with Gasteiger partial charge in [-0.15, -0.1) is 0 Å². The lowest BCUT2D eigenvalue weighted by Gasteiger charge is -2.40. The van der Waals surface area contributed by atoms with Gasteiger partial charge in [0.25, 0.3) is 5.69 Å². The summed E-state index contributed by atoms with van der Waals surface area (Å²) in [7, 11) is -0.380. The maximum absolute atomic E-state index is 12.8. The minimum Gasteiger partial charge on any atom is -0.496 e. The van der Waals surface area contributed by atoms with Gasteiger partial charge >= 0.3 is 0 Å². The number of sulfone groups is 1. The van der Waals surface area contributed by atoms with Gasteiger partial charge in [-0.25, -0.2) is 8.42 Å². The van der Waals surface area contributed by atoms with Crippen molar-refractivity contribution >= 4 is 27.1 Å². The molecule has 4 rings (SSSR count). The molecule has 182 valence electrons. The molecule has 34 heavy (non-hydrogen) atoms. The van der Waals surface area contributed by atoms with E-state index in [1.165, 1.54) is 26.4 Å². The molecular weight excluding hydrogens is 462 g/mol. The van der Waals surface area contributed by atoms with Crippen molar-refractivity contribution in [1.29, 1.82) is 0 Å². The highest BCUT2D eigenvalue weighted by atomic mass is 32.2. The predicted molar refractivity (Wildman–Crippen MR) is 126 cm³/mol. The van der Waals surface area contributed by atoms with Crippen LogP contribution in [0.3, 0.4) is 0 Å². The van der Waals surface area contributed by atoms with Crippen LogP contribution in [0.25, 0.3) is 0 Å². The number of nitro benzene ring substituents is 1. The number of nitrogens with one attached hydrogen (secondary N) is 1. The van der Waals surface area contributed by atoms with Crippen LogP contribution in [0.2, 0.25) is 0 Å². The van der Waals surface area contributed by atoms with Gasteiger partial charge in [-0.05, 0) is 24.5 Å². The van der Waals surface area contributed by atoms with Gasteiger partial charge in [-0.1, -0.05) is 12.1 Å². The molecule has 0 bridgehead atoms. The summed E-state index contributed by atoms with van der Waals surface area (Å²) < 4.78 is 35.6. The van der Waals surface area contributed by atoms with E-state index >= 15 is 0 Å². The molecule has 2 aromatic carbocycles. The van der Waals surface area contributed by atoms with Crippen LogP contribution in [0.1, 0.15) is 48.0 Å². The summed E-state index contributed by atoms with van der Waals surface area (Å²) in [6.07, 6.45) is 2.83. The van der Waals surface area contributed by atoms with Gasteiger partial charge in [-0.2, -0.15) is 0 Å². The number of rotatable bonds is 7. The molecule has 2 aromatic rings. The second kappa shape index (κ2) is 9.13. The number of carbonyl (C=O) groups is 1. The molecule has 2 aliphatic heterocycles. The number of likely N-dealkylation sites (tertiary alicyclic amines) is 1. The van der Waals surface area contributed by atoms with E-state index in [0.717, 1.165) is 18.2 Å². The number of ether oxygens (including phenoxy) is 2. The van der Waals surface area contributed by atoms with Crippen LogP contribution in [0.4, 0.5) is 11.4 Å². The minimum absolute atomic E-state index is 0.00380. The number of methoxy groups -OCH3 is 2. The Morgan fingerprint density at radius 2 is 1.91 bits per heavy atom. The number of carbonyl (C=O) groups excluding carboxylic acids is 1. The second-order valence-corrected chi connectivity index (χ2v) is 10.8. The molecule has 0 radical (unpaired) electrons. The second-order valence-electron chi connectivity index (χ2n) is 8.62. The average molecular weight is 490 g/mol. The molecule has 1 fully saturated rings. The normalized spacial score (nSPS) is 20.0. The van der Waals surface area contributed by atoms with Crippen LogP contribution >= 0.6 is 0 Å². The molecule has 0 saturated carbocycles. The van der Waals surface area contributed by atoms with Gasteiger partial charge in [0.1, 0.15) is 11.5 Å². The van der Waals surface area contributed by atoms with Crippen molar-refractivity contribution in [2.45, 2.75) is 37.1 Å². The van der Waals surface area contributed by atoms with Crippen LogP contribution < -0.4 is 14.8 Å². The van der Waals surface area contributed by atoms with Gasteiger partial charge < -0.3 is 19.7 Å². The highest BCUT2D eigenvalue weighted by Gasteiger charge is 2.40. The van der Waals surface area contributed by atoms with Crippen LogP contribution in [0.5, 0.6) is 11.5 Å². The van der Waals surface area contributed by atoms with E-state index in [0.29, 0.717) is 47.7 Å². The van der Waals surface area contributed by atoms with Gasteiger partial charge in [0, 0.05) is 42.5 Å². The fraction of sp³-hybridized carbons (Fsp3) is 0.435. The molecule has 1 saturated heterocycles. The fourth-order valence-electron chi connectivity index (χ4n) is 4.88. The summed E-state index contributed by atoms with van der Waals surface area (Å²) in [4.78, 5) is 25.2. The number of hydrogen-bond donors (Lipinski definition) is 1. The highest BCUT2D eigenvalue weighted by molar-refractivity contribution is 7.89. The molecule has 2 heterocycles. The first-order valence-electron chi connectivity index (χ1n) is 10.9. The lowest BCUT2D eigenvalue weighted by atomic mass is 9.86. The minimum atomic E-state index is -3.36. The van der Waals surface area contributed by atoms with Crippen LogP contribution in [0, 0.1) is 10.1 Å². The smallest absolute Gasteiger partial charge is 0.269 e. The molecule has 0 spiro atoms. The zero-order chi connectivity index (χ0) is 24.6. The van der Waals surface area contributed by atoms with Crippen molar-refractivity contribution in [3.63, 3.8) is 0 Å². The quantitative estimate of drug-likeness (QED) is 0.463. The summed E-state index contributed by atoms with van der Waals surface area (Å²) >= 11 is 0. The number of non-ortho nitro benzene ring substituents is 1. The van der Waals surface area contributed by atoms with Gasteiger partial charge in [-0.3, -0.25) is 14.9 Å². The van der Waals surface area contributed by atoms with E-state index < -0.39 is 14.8 Å². The first-order chi connectivity index (χ1) is 16.1. The largest absolute Gasteiger partial charge is 0.496 e. The summed E-state index contributed by atoms with van der Waals surface area (Å²) in [6, 6.07) is 7.32. The average Bonchev–Trinajstić information content (AvgIpc) is 3.22. The van der Waals surface area contributed by atoms with Gasteiger partial charge in [0.05, 0.1) is 42.7 Å². The molecular formula is C23H27N3O7S. The van der Waals surface area contributed by atoms with E-state index in [9.17, 15) is 23.3 Å². The number of nitro groups is 1. The number of amides is 1. The summed E-state index contributed by atoms with van der Waals surface area (Å²) in [6.45, 7) is 0.581. The molecule has 2 aliphatic rings. The molecule has 10 nitrogen and oxygen atoms in total. The first kappa shape index (κ1) is 23.8. The third-order valence-corrected chi connectivity index (χ3v) is 7.14. The van der Waals surface area contributed by atoms with Crippen molar-refractivity contribution in [1.82, 2.24) is 4.90 Å². The number of anilines is 1. The fourth-order valence-corrected chi connectivity index (χ4v) is 5.66. The van der Waals surface area contributed by atoms with E-state index in [1.807, 2.05) is 4.90 Å². The SMILES string of the molecule is COc1cc(CS(C)(=O)=O)c(OC)c2c1NC(c1ccc([N+](=O)[O-])cc1)CC2N1CCCC1=O. The van der Waals surface area contributed by atoms with E-state index in [1.54, 1.807) is 18.2 Å². The molecule has 2 atom stereocenters. The molecule has 1 N–H and O–H groups in total. The van der Waals surface area contributed by atoms with E-state index in [2.05, 4.69) is 5.32 Å². The van der Waals surface area contributed by atoms with Crippen LogP contribution in [0.15, 0.2) is 30.3 Å². The lowest BCUT2D eigenvalue weighted by Crippen LogP contribution is -2.36. The molecule has 0 aliphatic carbocycles. The number of nitrogens with zero attached hydrogens (tertiary/aromatic N) is 2.